The van der Waals surface area contributed by atoms with Crippen LogP contribution in [0, 0.1) is 0 Å². The lowest BCUT2D eigenvalue weighted by atomic mass is 9.87. The summed E-state index contributed by atoms with van der Waals surface area (Å²) in [5, 5.41) is 21.1. The standard InChI is InChI=1S/C24H31ClO4/c1-2-3-4-5-6-7-8-9-10-11-19-21(26)23(28)20(24(29)22(19)27)16-17-12-14-18(25)15-13-17/h12-15,26,29H,2-11,16H2,1H3. The van der Waals surface area contributed by atoms with Crippen LogP contribution in [-0.4, -0.2) is 21.8 Å². The van der Waals surface area contributed by atoms with Gasteiger partial charge in [0, 0.05) is 17.0 Å². The molecule has 1 aliphatic carbocycles. The van der Waals surface area contributed by atoms with Gasteiger partial charge in [0.15, 0.2) is 11.5 Å². The number of rotatable bonds is 12. The summed E-state index contributed by atoms with van der Waals surface area (Å²) in [5.41, 5.74) is 0.702. The van der Waals surface area contributed by atoms with Gasteiger partial charge in [-0.05, 0) is 30.5 Å². The summed E-state index contributed by atoms with van der Waals surface area (Å²) in [5.74, 6) is -2.36. The minimum absolute atomic E-state index is 0.0373. The van der Waals surface area contributed by atoms with Crippen LogP contribution < -0.4 is 0 Å². The Kier molecular flexibility index (Phi) is 9.46. The summed E-state index contributed by atoms with van der Waals surface area (Å²) < 4.78 is 0. The monoisotopic (exact) mass is 418 g/mol. The Morgan fingerprint density at radius 1 is 0.724 bits per heavy atom. The number of ketones is 2. The molecule has 0 bridgehead atoms. The molecule has 0 aliphatic heterocycles. The van der Waals surface area contributed by atoms with Crippen LogP contribution in [0.3, 0.4) is 0 Å². The van der Waals surface area contributed by atoms with Crippen molar-refractivity contribution in [3.8, 4) is 0 Å². The van der Waals surface area contributed by atoms with Crippen LogP contribution in [0.1, 0.15) is 76.7 Å². The number of unbranched alkanes of at least 4 members (excludes halogenated alkanes) is 8. The number of hydrogen-bond acceptors (Lipinski definition) is 4. The number of halogens is 1. The Balaban J connectivity index is 1.86. The number of aliphatic hydroxyl groups is 2. The molecule has 0 radical (unpaired) electrons. The Bertz CT molecular complexity index is 775. The summed E-state index contributed by atoms with van der Waals surface area (Å²) in [4.78, 5) is 25.0. The van der Waals surface area contributed by atoms with E-state index in [4.69, 9.17) is 11.6 Å². The van der Waals surface area contributed by atoms with Gasteiger partial charge in [-0.1, -0.05) is 82.0 Å². The molecule has 0 fully saturated rings. The third-order valence-electron chi connectivity index (χ3n) is 5.37. The largest absolute Gasteiger partial charge is 0.504 e. The second-order valence-electron chi connectivity index (χ2n) is 7.69. The molecule has 2 N–H and O–H groups in total. The number of carbonyl (C=O) groups is 2. The van der Waals surface area contributed by atoms with Crippen molar-refractivity contribution in [1.29, 1.82) is 0 Å². The molecule has 0 saturated heterocycles. The van der Waals surface area contributed by atoms with E-state index < -0.39 is 23.1 Å². The average Bonchev–Trinajstić information content (AvgIpc) is 2.72. The van der Waals surface area contributed by atoms with Gasteiger partial charge < -0.3 is 10.2 Å². The van der Waals surface area contributed by atoms with Gasteiger partial charge in [-0.2, -0.15) is 0 Å². The second kappa shape index (κ2) is 11.8. The van der Waals surface area contributed by atoms with E-state index >= 15 is 0 Å². The maximum absolute atomic E-state index is 12.5. The molecule has 0 unspecified atom stereocenters. The van der Waals surface area contributed by atoms with E-state index in [0.29, 0.717) is 17.9 Å². The Hall–Kier alpha value is -2.07. The maximum atomic E-state index is 12.5. The highest BCUT2D eigenvalue weighted by Crippen LogP contribution is 2.28. The van der Waals surface area contributed by atoms with Gasteiger partial charge >= 0.3 is 0 Å². The van der Waals surface area contributed by atoms with Crippen LogP contribution in [0.25, 0.3) is 0 Å². The average molecular weight is 419 g/mol. The van der Waals surface area contributed by atoms with Crippen molar-refractivity contribution >= 4 is 23.2 Å². The van der Waals surface area contributed by atoms with E-state index in [-0.39, 0.29) is 17.6 Å². The Morgan fingerprint density at radius 3 is 1.79 bits per heavy atom. The summed E-state index contributed by atoms with van der Waals surface area (Å²) in [7, 11) is 0. The van der Waals surface area contributed by atoms with Crippen molar-refractivity contribution in [2.24, 2.45) is 0 Å². The van der Waals surface area contributed by atoms with Crippen molar-refractivity contribution in [3.05, 3.63) is 57.5 Å². The number of aliphatic hydroxyl groups excluding tert-OH is 2. The van der Waals surface area contributed by atoms with Crippen LogP contribution in [0.4, 0.5) is 0 Å². The number of Topliss-reactive ketones (excluding diaryl/α,β-unsaturated/α-hetero) is 2. The molecular formula is C24H31ClO4. The zero-order valence-electron chi connectivity index (χ0n) is 17.2. The van der Waals surface area contributed by atoms with Gasteiger partial charge in [0.05, 0.1) is 5.57 Å². The first-order valence-electron chi connectivity index (χ1n) is 10.6. The fraction of sp³-hybridized carbons (Fsp3) is 0.500. The first kappa shape index (κ1) is 23.2. The van der Waals surface area contributed by atoms with E-state index in [9.17, 15) is 19.8 Å². The smallest absolute Gasteiger partial charge is 0.227 e. The third-order valence-corrected chi connectivity index (χ3v) is 5.63. The molecule has 1 aromatic rings. The predicted octanol–water partition coefficient (Wildman–Crippen LogP) is 6.58. The lowest BCUT2D eigenvalue weighted by Crippen LogP contribution is -2.25. The predicted molar refractivity (Wildman–Crippen MR) is 116 cm³/mol. The number of carbonyl (C=O) groups excluding carboxylic acids is 2. The lowest BCUT2D eigenvalue weighted by Gasteiger charge is -2.18. The molecule has 29 heavy (non-hydrogen) atoms. The van der Waals surface area contributed by atoms with Gasteiger partial charge in [-0.15, -0.1) is 0 Å². The number of allylic oxidation sites excluding steroid dienone is 2. The summed E-state index contributed by atoms with van der Waals surface area (Å²) in [6.45, 7) is 2.20. The van der Waals surface area contributed by atoms with Crippen LogP contribution in [0.5, 0.6) is 0 Å². The molecule has 158 valence electrons. The highest BCUT2D eigenvalue weighted by atomic mass is 35.5. The Morgan fingerprint density at radius 2 is 1.21 bits per heavy atom. The van der Waals surface area contributed by atoms with E-state index in [0.717, 1.165) is 24.8 Å². The van der Waals surface area contributed by atoms with Crippen LogP contribution >= 0.6 is 11.6 Å². The SMILES string of the molecule is CCCCCCCCCCCC1=C(O)C(=O)C(Cc2ccc(Cl)cc2)=C(O)C1=O. The third kappa shape index (κ3) is 6.74. The number of benzene rings is 1. The van der Waals surface area contributed by atoms with Gasteiger partial charge in [0.2, 0.25) is 11.6 Å². The molecule has 0 aromatic heterocycles. The molecule has 5 heteroatoms. The molecular weight excluding hydrogens is 388 g/mol. The van der Waals surface area contributed by atoms with E-state index in [1.807, 2.05) is 0 Å². The van der Waals surface area contributed by atoms with Crippen LogP contribution in [0.15, 0.2) is 46.9 Å². The highest BCUT2D eigenvalue weighted by Gasteiger charge is 2.34. The van der Waals surface area contributed by atoms with Gasteiger partial charge in [-0.25, -0.2) is 0 Å². The Labute approximate surface area is 178 Å². The quantitative estimate of drug-likeness (QED) is 0.297. The summed E-state index contributed by atoms with van der Waals surface area (Å²) in [6, 6.07) is 6.79. The fourth-order valence-corrected chi connectivity index (χ4v) is 3.72. The summed E-state index contributed by atoms with van der Waals surface area (Å²) >= 11 is 5.86. The zero-order chi connectivity index (χ0) is 21.2. The normalized spacial score (nSPS) is 14.8. The van der Waals surface area contributed by atoms with Crippen molar-refractivity contribution in [2.75, 3.05) is 0 Å². The van der Waals surface area contributed by atoms with Crippen molar-refractivity contribution in [3.63, 3.8) is 0 Å². The number of hydrogen-bond donors (Lipinski definition) is 2. The second-order valence-corrected chi connectivity index (χ2v) is 8.13. The van der Waals surface area contributed by atoms with Gasteiger partial charge in [-0.3, -0.25) is 9.59 Å². The minimum Gasteiger partial charge on any atom is -0.504 e. The van der Waals surface area contributed by atoms with Crippen molar-refractivity contribution < 1.29 is 19.8 Å². The molecule has 4 nitrogen and oxygen atoms in total. The van der Waals surface area contributed by atoms with Crippen LogP contribution in [-0.2, 0) is 16.0 Å². The van der Waals surface area contributed by atoms with E-state index in [1.54, 1.807) is 24.3 Å². The van der Waals surface area contributed by atoms with E-state index in [1.165, 1.54) is 32.1 Å². The lowest BCUT2D eigenvalue weighted by molar-refractivity contribution is -0.120. The van der Waals surface area contributed by atoms with Gasteiger partial charge in [0.1, 0.15) is 0 Å². The maximum Gasteiger partial charge on any atom is 0.227 e. The molecule has 1 aromatic carbocycles. The fourth-order valence-electron chi connectivity index (χ4n) is 3.59. The molecule has 1 aliphatic rings. The molecule has 0 amide bonds. The highest BCUT2D eigenvalue weighted by molar-refractivity contribution is 6.30. The molecule has 0 heterocycles. The first-order valence-corrected chi connectivity index (χ1v) is 11.0. The van der Waals surface area contributed by atoms with Crippen LogP contribution in [0.2, 0.25) is 5.02 Å². The van der Waals surface area contributed by atoms with Gasteiger partial charge in [0.25, 0.3) is 0 Å². The zero-order valence-corrected chi connectivity index (χ0v) is 17.9. The minimum atomic E-state index is -0.664. The molecule has 2 rings (SSSR count). The summed E-state index contributed by atoms with van der Waals surface area (Å²) in [6.07, 6.45) is 10.6. The van der Waals surface area contributed by atoms with Crippen molar-refractivity contribution in [1.82, 2.24) is 0 Å². The molecule has 0 spiro atoms. The molecule has 0 saturated carbocycles. The topological polar surface area (TPSA) is 74.6 Å². The molecule has 0 atom stereocenters. The first-order chi connectivity index (χ1) is 14.0. The van der Waals surface area contributed by atoms with Crippen molar-refractivity contribution in [2.45, 2.75) is 77.6 Å². The van der Waals surface area contributed by atoms with E-state index in [2.05, 4.69) is 6.92 Å².